The smallest absolute Gasteiger partial charge is 0.338 e. The molecule has 2 N–H and O–H groups in total. The SMILES string of the molecule is CCCCCOC(=O)c1ccc(NC(=O)CCC(=O)OCC(=O)Nc2ccc(C)c([N+](=O)[O-])c2)cc1. The first-order valence-electron chi connectivity index (χ1n) is 11.5. The Hall–Kier alpha value is -4.28. The maximum absolute atomic E-state index is 12.1. The number of anilines is 2. The predicted octanol–water partition coefficient (Wildman–Crippen LogP) is 4.15. The first-order chi connectivity index (χ1) is 17.2. The summed E-state index contributed by atoms with van der Waals surface area (Å²) in [6, 6.07) is 10.4. The second-order valence-electron chi connectivity index (χ2n) is 7.94. The van der Waals surface area contributed by atoms with Crippen LogP contribution in [0.2, 0.25) is 0 Å². The number of carbonyl (C=O) groups is 4. The number of carbonyl (C=O) groups excluding carboxylic acids is 4. The van der Waals surface area contributed by atoms with Crippen LogP contribution in [0.25, 0.3) is 0 Å². The number of nitro groups is 1. The lowest BCUT2D eigenvalue weighted by Crippen LogP contribution is -2.22. The summed E-state index contributed by atoms with van der Waals surface area (Å²) in [5, 5.41) is 16.0. The largest absolute Gasteiger partial charge is 0.462 e. The number of nitrogens with one attached hydrogen (secondary N) is 2. The molecule has 11 heteroatoms. The second-order valence-corrected chi connectivity index (χ2v) is 7.94. The van der Waals surface area contributed by atoms with Crippen LogP contribution in [0.1, 0.15) is 54.9 Å². The van der Waals surface area contributed by atoms with Crippen molar-refractivity contribution in [2.24, 2.45) is 0 Å². The van der Waals surface area contributed by atoms with Gasteiger partial charge in [0.2, 0.25) is 5.91 Å². The molecule has 0 radical (unpaired) electrons. The Morgan fingerprint density at radius 1 is 0.889 bits per heavy atom. The van der Waals surface area contributed by atoms with Crippen LogP contribution >= 0.6 is 0 Å². The van der Waals surface area contributed by atoms with Crippen molar-refractivity contribution in [2.75, 3.05) is 23.8 Å². The summed E-state index contributed by atoms with van der Waals surface area (Å²) >= 11 is 0. The quantitative estimate of drug-likeness (QED) is 0.180. The van der Waals surface area contributed by atoms with Gasteiger partial charge in [-0.05, 0) is 43.7 Å². The molecule has 0 aliphatic heterocycles. The van der Waals surface area contributed by atoms with Gasteiger partial charge < -0.3 is 20.1 Å². The molecular weight excluding hydrogens is 470 g/mol. The number of aryl methyl sites for hydroxylation is 1. The Morgan fingerprint density at radius 2 is 1.56 bits per heavy atom. The standard InChI is InChI=1S/C25H29N3O8/c1-3-4-5-14-35-25(32)18-7-10-19(11-8-18)26-22(29)12-13-24(31)36-16-23(30)27-20-9-6-17(2)21(15-20)28(33)34/h6-11,15H,3-5,12-14,16H2,1-2H3,(H,26,29)(H,27,30). The molecule has 192 valence electrons. The molecule has 2 aromatic rings. The van der Waals surface area contributed by atoms with E-state index in [2.05, 4.69) is 17.6 Å². The van der Waals surface area contributed by atoms with Crippen LogP contribution < -0.4 is 10.6 Å². The maximum Gasteiger partial charge on any atom is 0.338 e. The van der Waals surface area contributed by atoms with Crippen LogP contribution in [0.5, 0.6) is 0 Å². The lowest BCUT2D eigenvalue weighted by molar-refractivity contribution is -0.385. The minimum absolute atomic E-state index is 0.146. The van der Waals surface area contributed by atoms with E-state index in [9.17, 15) is 29.3 Å². The van der Waals surface area contributed by atoms with Gasteiger partial charge in [-0.2, -0.15) is 0 Å². The average molecular weight is 500 g/mol. The van der Waals surface area contributed by atoms with Crippen LogP contribution in [0, 0.1) is 17.0 Å². The van der Waals surface area contributed by atoms with Gasteiger partial charge in [0.05, 0.1) is 23.5 Å². The molecule has 0 fully saturated rings. The molecule has 36 heavy (non-hydrogen) atoms. The molecule has 0 saturated heterocycles. The van der Waals surface area contributed by atoms with Gasteiger partial charge in [-0.25, -0.2) is 4.79 Å². The van der Waals surface area contributed by atoms with E-state index in [-0.39, 0.29) is 24.2 Å². The normalized spacial score (nSPS) is 10.3. The number of amides is 2. The van der Waals surface area contributed by atoms with Gasteiger partial charge in [0.1, 0.15) is 0 Å². The van der Waals surface area contributed by atoms with Gasteiger partial charge in [0, 0.05) is 29.4 Å². The Kier molecular flexibility index (Phi) is 11.0. The molecule has 2 aromatic carbocycles. The molecule has 0 heterocycles. The van der Waals surface area contributed by atoms with Crippen molar-refractivity contribution in [3.8, 4) is 0 Å². The zero-order chi connectivity index (χ0) is 26.5. The van der Waals surface area contributed by atoms with Crippen LogP contribution in [0.15, 0.2) is 42.5 Å². The van der Waals surface area contributed by atoms with E-state index in [0.29, 0.717) is 23.4 Å². The summed E-state index contributed by atoms with van der Waals surface area (Å²) in [6.45, 7) is 3.39. The highest BCUT2D eigenvalue weighted by Gasteiger charge is 2.14. The van der Waals surface area contributed by atoms with Crippen LogP contribution in [-0.4, -0.2) is 41.9 Å². The lowest BCUT2D eigenvalue weighted by Gasteiger charge is -2.08. The highest BCUT2D eigenvalue weighted by atomic mass is 16.6. The van der Waals surface area contributed by atoms with Gasteiger partial charge in [0.25, 0.3) is 11.6 Å². The van der Waals surface area contributed by atoms with E-state index < -0.39 is 35.3 Å². The van der Waals surface area contributed by atoms with Crippen molar-refractivity contribution < 1.29 is 33.6 Å². The molecule has 0 spiro atoms. The van der Waals surface area contributed by atoms with Crippen molar-refractivity contribution in [1.29, 1.82) is 0 Å². The van der Waals surface area contributed by atoms with Crippen LogP contribution in [0.4, 0.5) is 17.1 Å². The van der Waals surface area contributed by atoms with Gasteiger partial charge in [-0.3, -0.25) is 24.5 Å². The summed E-state index contributed by atoms with van der Waals surface area (Å²) in [5.74, 6) is -2.30. The van der Waals surface area contributed by atoms with Gasteiger partial charge >= 0.3 is 11.9 Å². The summed E-state index contributed by atoms with van der Waals surface area (Å²) in [5.41, 5.74) is 1.31. The summed E-state index contributed by atoms with van der Waals surface area (Å²) in [7, 11) is 0. The number of ether oxygens (including phenoxy) is 2. The van der Waals surface area contributed by atoms with E-state index in [1.165, 1.54) is 30.3 Å². The third-order valence-corrected chi connectivity index (χ3v) is 5.00. The number of nitro benzene ring substituents is 1. The Morgan fingerprint density at radius 3 is 2.22 bits per heavy atom. The van der Waals surface area contributed by atoms with Crippen LogP contribution in [0.3, 0.4) is 0 Å². The molecule has 0 bridgehead atoms. The summed E-state index contributed by atoms with van der Waals surface area (Å²) in [4.78, 5) is 58.3. The van der Waals surface area contributed by atoms with Crippen molar-refractivity contribution in [2.45, 2.75) is 46.0 Å². The Bertz CT molecular complexity index is 1100. The molecular formula is C25H29N3O8. The number of unbranched alkanes of at least 4 members (excludes halogenated alkanes) is 2. The average Bonchev–Trinajstić information content (AvgIpc) is 2.85. The summed E-state index contributed by atoms with van der Waals surface area (Å²) in [6.07, 6.45) is 2.39. The van der Waals surface area contributed by atoms with E-state index in [1.54, 1.807) is 19.1 Å². The number of hydrogen-bond donors (Lipinski definition) is 2. The van der Waals surface area contributed by atoms with Gasteiger partial charge in [0.15, 0.2) is 6.61 Å². The molecule has 0 unspecified atom stereocenters. The second kappa shape index (κ2) is 14.2. The molecule has 11 nitrogen and oxygen atoms in total. The zero-order valence-corrected chi connectivity index (χ0v) is 20.2. The van der Waals surface area contributed by atoms with E-state index >= 15 is 0 Å². The highest BCUT2D eigenvalue weighted by Crippen LogP contribution is 2.22. The molecule has 0 atom stereocenters. The number of benzene rings is 2. The monoisotopic (exact) mass is 499 g/mol. The number of rotatable bonds is 13. The van der Waals surface area contributed by atoms with Crippen molar-refractivity contribution in [3.05, 3.63) is 63.7 Å². The number of esters is 2. The predicted molar refractivity (Wildman–Crippen MR) is 132 cm³/mol. The van der Waals surface area contributed by atoms with Crippen molar-refractivity contribution in [1.82, 2.24) is 0 Å². The number of hydrogen-bond acceptors (Lipinski definition) is 8. The first kappa shape index (κ1) is 28.0. The fourth-order valence-electron chi connectivity index (χ4n) is 3.03. The highest BCUT2D eigenvalue weighted by molar-refractivity contribution is 5.95. The lowest BCUT2D eigenvalue weighted by atomic mass is 10.2. The minimum Gasteiger partial charge on any atom is -0.462 e. The third-order valence-electron chi connectivity index (χ3n) is 5.00. The number of nitrogens with zero attached hydrogens (tertiary/aromatic N) is 1. The molecule has 2 rings (SSSR count). The molecule has 0 saturated carbocycles. The molecule has 0 aromatic heterocycles. The van der Waals surface area contributed by atoms with E-state index in [4.69, 9.17) is 9.47 Å². The fourth-order valence-corrected chi connectivity index (χ4v) is 3.03. The third kappa shape index (κ3) is 9.53. The van der Waals surface area contributed by atoms with Gasteiger partial charge in [-0.15, -0.1) is 0 Å². The first-order valence-corrected chi connectivity index (χ1v) is 11.5. The molecule has 0 aliphatic carbocycles. The topological polar surface area (TPSA) is 154 Å². The van der Waals surface area contributed by atoms with E-state index in [0.717, 1.165) is 19.3 Å². The Labute approximate surface area is 208 Å². The van der Waals surface area contributed by atoms with Crippen molar-refractivity contribution >= 4 is 40.8 Å². The van der Waals surface area contributed by atoms with Crippen LogP contribution in [-0.2, 0) is 23.9 Å². The maximum atomic E-state index is 12.1. The zero-order valence-electron chi connectivity index (χ0n) is 20.2. The van der Waals surface area contributed by atoms with Gasteiger partial charge in [-0.1, -0.05) is 25.8 Å². The van der Waals surface area contributed by atoms with E-state index in [1.807, 2.05) is 0 Å². The molecule has 0 aliphatic rings. The summed E-state index contributed by atoms with van der Waals surface area (Å²) < 4.78 is 10.0. The fraction of sp³-hybridized carbons (Fsp3) is 0.360. The molecule has 2 amide bonds. The Balaban J connectivity index is 1.70. The van der Waals surface area contributed by atoms with Crippen molar-refractivity contribution in [3.63, 3.8) is 0 Å². The minimum atomic E-state index is -0.753.